The van der Waals surface area contributed by atoms with Gasteiger partial charge in [-0.15, -0.1) is 0 Å². The van der Waals surface area contributed by atoms with Gasteiger partial charge in [0.2, 0.25) is 0 Å². The first kappa shape index (κ1) is 14.6. The number of fused-ring (bicyclic) bond motifs is 1. The van der Waals surface area contributed by atoms with Crippen molar-refractivity contribution < 1.29 is 9.13 Å². The van der Waals surface area contributed by atoms with Gasteiger partial charge in [-0.3, -0.25) is 0 Å². The highest BCUT2D eigenvalue weighted by Crippen LogP contribution is 2.28. The van der Waals surface area contributed by atoms with Gasteiger partial charge in [-0.1, -0.05) is 18.2 Å². The Morgan fingerprint density at radius 1 is 1.09 bits per heavy atom. The summed E-state index contributed by atoms with van der Waals surface area (Å²) in [6.45, 7) is 6.96. The van der Waals surface area contributed by atoms with Crippen LogP contribution in [0.15, 0.2) is 48.7 Å². The van der Waals surface area contributed by atoms with Crippen molar-refractivity contribution in [1.29, 1.82) is 0 Å². The normalized spacial score (nSPS) is 11.3. The van der Waals surface area contributed by atoms with Crippen molar-refractivity contribution in [3.8, 4) is 5.75 Å². The molecule has 0 unspecified atom stereocenters. The van der Waals surface area contributed by atoms with Gasteiger partial charge in [-0.05, 0) is 50.6 Å². The van der Waals surface area contributed by atoms with Crippen molar-refractivity contribution in [2.75, 3.05) is 0 Å². The Morgan fingerprint density at radius 2 is 1.82 bits per heavy atom. The summed E-state index contributed by atoms with van der Waals surface area (Å²) in [6.07, 6.45) is 2.16. The fourth-order valence-corrected chi connectivity index (χ4v) is 2.78. The Labute approximate surface area is 130 Å². The van der Waals surface area contributed by atoms with E-state index < -0.39 is 0 Å². The zero-order chi connectivity index (χ0) is 15.7. The lowest BCUT2D eigenvalue weighted by Gasteiger charge is -2.10. The molecule has 0 amide bonds. The van der Waals surface area contributed by atoms with Gasteiger partial charge in [0.1, 0.15) is 18.2 Å². The molecular weight excluding hydrogens is 277 g/mol. The van der Waals surface area contributed by atoms with E-state index in [1.54, 1.807) is 12.1 Å². The minimum atomic E-state index is -0.251. The Morgan fingerprint density at radius 3 is 2.50 bits per heavy atom. The SMILES string of the molecule is Cc1cccc2c(COc3ccc(F)cc3)cn(C(C)C)c12. The van der Waals surface area contributed by atoms with Gasteiger partial charge in [-0.25, -0.2) is 4.39 Å². The average Bonchev–Trinajstić information content (AvgIpc) is 2.87. The number of para-hydroxylation sites is 1. The lowest BCUT2D eigenvalue weighted by atomic mass is 10.1. The second-order valence-corrected chi connectivity index (χ2v) is 5.87. The molecular formula is C19H20FNO. The summed E-state index contributed by atoms with van der Waals surface area (Å²) in [5.74, 6) is 0.430. The second kappa shape index (κ2) is 5.84. The van der Waals surface area contributed by atoms with E-state index in [1.807, 2.05) is 0 Å². The van der Waals surface area contributed by atoms with Crippen molar-refractivity contribution >= 4 is 10.9 Å². The van der Waals surface area contributed by atoms with Gasteiger partial charge in [0.05, 0.1) is 5.52 Å². The molecule has 3 heteroatoms. The quantitative estimate of drug-likeness (QED) is 0.641. The number of aromatic nitrogens is 1. The monoisotopic (exact) mass is 297 g/mol. The zero-order valence-electron chi connectivity index (χ0n) is 13.1. The molecule has 0 aliphatic rings. The number of hydrogen-bond acceptors (Lipinski definition) is 1. The standard InChI is InChI=1S/C19H20FNO/c1-13(2)21-11-15(18-6-4-5-14(3)19(18)21)12-22-17-9-7-16(20)8-10-17/h4-11,13H,12H2,1-3H3. The third-order valence-corrected chi connectivity index (χ3v) is 3.90. The Kier molecular flexibility index (Phi) is 3.88. The summed E-state index contributed by atoms with van der Waals surface area (Å²) in [7, 11) is 0. The molecule has 114 valence electrons. The Bertz CT molecular complexity index is 787. The molecule has 1 heterocycles. The Hall–Kier alpha value is -2.29. The minimum absolute atomic E-state index is 0.251. The molecule has 0 N–H and O–H groups in total. The predicted octanol–water partition coefficient (Wildman–Crippen LogP) is 5.25. The zero-order valence-corrected chi connectivity index (χ0v) is 13.1. The van der Waals surface area contributed by atoms with Crippen molar-refractivity contribution in [3.63, 3.8) is 0 Å². The molecule has 0 radical (unpaired) electrons. The molecule has 0 aliphatic heterocycles. The van der Waals surface area contributed by atoms with E-state index in [0.29, 0.717) is 18.4 Å². The molecule has 22 heavy (non-hydrogen) atoms. The first-order chi connectivity index (χ1) is 10.6. The number of benzene rings is 2. The average molecular weight is 297 g/mol. The van der Waals surface area contributed by atoms with E-state index in [2.05, 4.69) is 49.7 Å². The van der Waals surface area contributed by atoms with Gasteiger partial charge in [0, 0.05) is 23.2 Å². The molecule has 0 saturated heterocycles. The number of rotatable bonds is 4. The third kappa shape index (κ3) is 2.71. The molecule has 2 nitrogen and oxygen atoms in total. The van der Waals surface area contributed by atoms with Crippen LogP contribution in [-0.2, 0) is 6.61 Å². The van der Waals surface area contributed by atoms with E-state index in [9.17, 15) is 4.39 Å². The third-order valence-electron chi connectivity index (χ3n) is 3.90. The number of ether oxygens (including phenoxy) is 1. The van der Waals surface area contributed by atoms with E-state index >= 15 is 0 Å². The van der Waals surface area contributed by atoms with E-state index in [-0.39, 0.29) is 5.82 Å². The summed E-state index contributed by atoms with van der Waals surface area (Å²) < 4.78 is 21.0. The molecule has 0 bridgehead atoms. The highest BCUT2D eigenvalue weighted by atomic mass is 19.1. The maximum atomic E-state index is 12.9. The molecule has 1 aromatic heterocycles. The van der Waals surface area contributed by atoms with Crippen molar-refractivity contribution in [3.05, 3.63) is 65.6 Å². The summed E-state index contributed by atoms with van der Waals surface area (Å²) in [5, 5.41) is 1.22. The molecule has 3 aromatic rings. The van der Waals surface area contributed by atoms with E-state index in [4.69, 9.17) is 4.74 Å². The number of hydrogen-bond donors (Lipinski definition) is 0. The predicted molar refractivity (Wildman–Crippen MR) is 87.8 cm³/mol. The van der Waals surface area contributed by atoms with Crippen LogP contribution in [0, 0.1) is 12.7 Å². The summed E-state index contributed by atoms with van der Waals surface area (Å²) >= 11 is 0. The highest BCUT2D eigenvalue weighted by molar-refractivity contribution is 5.86. The van der Waals surface area contributed by atoms with Crippen LogP contribution in [0.5, 0.6) is 5.75 Å². The van der Waals surface area contributed by atoms with Gasteiger partial charge in [0.15, 0.2) is 0 Å². The van der Waals surface area contributed by atoms with Crippen molar-refractivity contribution in [2.24, 2.45) is 0 Å². The smallest absolute Gasteiger partial charge is 0.123 e. The first-order valence-corrected chi connectivity index (χ1v) is 7.53. The van der Waals surface area contributed by atoms with Crippen molar-refractivity contribution in [2.45, 2.75) is 33.4 Å². The van der Waals surface area contributed by atoms with Crippen LogP contribution in [0.4, 0.5) is 4.39 Å². The highest BCUT2D eigenvalue weighted by Gasteiger charge is 2.12. The molecule has 0 aliphatic carbocycles. The van der Waals surface area contributed by atoms with E-state index in [1.165, 1.54) is 28.6 Å². The van der Waals surface area contributed by atoms with Gasteiger partial charge in [-0.2, -0.15) is 0 Å². The maximum absolute atomic E-state index is 12.9. The van der Waals surface area contributed by atoms with E-state index in [0.717, 1.165) is 5.56 Å². The molecule has 0 atom stereocenters. The topological polar surface area (TPSA) is 14.2 Å². The van der Waals surface area contributed by atoms with Gasteiger partial charge >= 0.3 is 0 Å². The van der Waals surface area contributed by atoms with Crippen LogP contribution in [-0.4, -0.2) is 4.57 Å². The summed E-state index contributed by atoms with van der Waals surface area (Å²) in [4.78, 5) is 0. The number of halogens is 1. The van der Waals surface area contributed by atoms with Crippen LogP contribution < -0.4 is 4.74 Å². The Balaban J connectivity index is 1.94. The fourth-order valence-electron chi connectivity index (χ4n) is 2.78. The number of aryl methyl sites for hydroxylation is 1. The first-order valence-electron chi connectivity index (χ1n) is 7.53. The lowest BCUT2D eigenvalue weighted by Crippen LogP contribution is -1.99. The molecule has 0 fully saturated rings. The molecule has 0 spiro atoms. The lowest BCUT2D eigenvalue weighted by molar-refractivity contribution is 0.306. The second-order valence-electron chi connectivity index (χ2n) is 5.87. The minimum Gasteiger partial charge on any atom is -0.489 e. The maximum Gasteiger partial charge on any atom is 0.123 e. The summed E-state index contributed by atoms with van der Waals surface area (Å²) in [5.41, 5.74) is 3.67. The van der Waals surface area contributed by atoms with Crippen LogP contribution in [0.1, 0.15) is 31.0 Å². The largest absolute Gasteiger partial charge is 0.489 e. The molecule has 3 rings (SSSR count). The number of nitrogens with zero attached hydrogens (tertiary/aromatic N) is 1. The van der Waals surface area contributed by atoms with Crippen LogP contribution in [0.3, 0.4) is 0 Å². The summed E-state index contributed by atoms with van der Waals surface area (Å²) in [6, 6.07) is 12.9. The van der Waals surface area contributed by atoms with Crippen LogP contribution in [0.2, 0.25) is 0 Å². The molecule has 0 saturated carbocycles. The fraction of sp³-hybridized carbons (Fsp3) is 0.263. The van der Waals surface area contributed by atoms with Gasteiger partial charge < -0.3 is 9.30 Å². The van der Waals surface area contributed by atoms with Crippen LogP contribution >= 0.6 is 0 Å². The molecule has 2 aromatic carbocycles. The van der Waals surface area contributed by atoms with Crippen molar-refractivity contribution in [1.82, 2.24) is 4.57 Å². The van der Waals surface area contributed by atoms with Crippen LogP contribution in [0.25, 0.3) is 10.9 Å². The van der Waals surface area contributed by atoms with Gasteiger partial charge in [0.25, 0.3) is 0 Å².